The number of carbonyl (C=O) groups excluding carboxylic acids is 1. The quantitative estimate of drug-likeness (QED) is 0.767. The monoisotopic (exact) mass is 259 g/mol. The zero-order valence-electron chi connectivity index (χ0n) is 10.9. The summed E-state index contributed by atoms with van der Waals surface area (Å²) in [6.07, 6.45) is 4.21. The van der Waals surface area contributed by atoms with Crippen molar-refractivity contribution in [2.75, 3.05) is 0 Å². The summed E-state index contributed by atoms with van der Waals surface area (Å²) in [4.78, 5) is 16.6. The van der Waals surface area contributed by atoms with Gasteiger partial charge < -0.3 is 0 Å². The molecule has 2 aromatic rings. The number of para-hydroxylation sites is 1. The molecule has 1 aliphatic carbocycles. The molecule has 96 valence electrons. The van der Waals surface area contributed by atoms with Crippen LogP contribution in [0.3, 0.4) is 0 Å². The first kappa shape index (κ1) is 11.4. The van der Waals surface area contributed by atoms with Gasteiger partial charge in [0.05, 0.1) is 11.1 Å². The van der Waals surface area contributed by atoms with Gasteiger partial charge >= 0.3 is 0 Å². The second kappa shape index (κ2) is 4.01. The third-order valence-electron chi connectivity index (χ3n) is 4.13. The van der Waals surface area contributed by atoms with Crippen LogP contribution in [0.25, 0.3) is 5.57 Å². The number of hydrogen-bond donors (Lipinski definition) is 0. The number of benzene rings is 2. The molecule has 0 bridgehead atoms. The smallest absolute Gasteiger partial charge is 0.157 e. The highest BCUT2D eigenvalue weighted by Gasteiger charge is 2.45. The maximum atomic E-state index is 12.1. The Hall–Kier alpha value is -2.48. The van der Waals surface area contributed by atoms with Crippen molar-refractivity contribution < 1.29 is 4.79 Å². The van der Waals surface area contributed by atoms with E-state index in [-0.39, 0.29) is 11.2 Å². The largest absolute Gasteiger partial charge is 0.295 e. The summed E-state index contributed by atoms with van der Waals surface area (Å²) < 4.78 is 0. The number of hydrogen-bond acceptors (Lipinski definition) is 2. The number of ketones is 1. The third-order valence-corrected chi connectivity index (χ3v) is 4.13. The molecule has 0 saturated carbocycles. The second-order valence-corrected chi connectivity index (χ2v) is 5.31. The average molecular weight is 259 g/mol. The predicted octanol–water partition coefficient (Wildman–Crippen LogP) is 3.70. The first-order valence-electron chi connectivity index (χ1n) is 6.75. The minimum atomic E-state index is -0.366. The minimum absolute atomic E-state index is 0.173. The van der Waals surface area contributed by atoms with Crippen LogP contribution >= 0.6 is 0 Å². The molecule has 0 radical (unpaired) electrons. The van der Waals surface area contributed by atoms with Gasteiger partial charge in [-0.2, -0.15) is 0 Å². The molecule has 4 rings (SSSR count). The molecule has 1 atom stereocenters. The Morgan fingerprint density at radius 3 is 2.55 bits per heavy atom. The Bertz CT molecular complexity index is 758. The van der Waals surface area contributed by atoms with E-state index in [0.717, 1.165) is 22.4 Å². The number of fused-ring (bicyclic) bond motifs is 2. The summed E-state index contributed by atoms with van der Waals surface area (Å²) >= 11 is 0. The van der Waals surface area contributed by atoms with Crippen molar-refractivity contribution in [1.29, 1.82) is 0 Å². The maximum absolute atomic E-state index is 12.1. The van der Waals surface area contributed by atoms with Crippen LogP contribution in [0, 0.1) is 0 Å². The lowest BCUT2D eigenvalue weighted by Crippen LogP contribution is -2.25. The number of carbonyl (C=O) groups is 1. The van der Waals surface area contributed by atoms with E-state index < -0.39 is 0 Å². The van der Waals surface area contributed by atoms with E-state index in [4.69, 9.17) is 0 Å². The first-order valence-corrected chi connectivity index (χ1v) is 6.75. The fraction of sp³-hybridized carbons (Fsp3) is 0.111. The van der Waals surface area contributed by atoms with Gasteiger partial charge in [0.15, 0.2) is 5.78 Å². The van der Waals surface area contributed by atoms with Crippen LogP contribution in [0.5, 0.6) is 0 Å². The van der Waals surface area contributed by atoms with E-state index in [1.807, 2.05) is 42.6 Å². The van der Waals surface area contributed by atoms with Crippen molar-refractivity contribution in [3.63, 3.8) is 0 Å². The van der Waals surface area contributed by atoms with Gasteiger partial charge in [0.1, 0.15) is 0 Å². The van der Waals surface area contributed by atoms with Crippen molar-refractivity contribution >= 4 is 23.3 Å². The topological polar surface area (TPSA) is 29.4 Å². The summed E-state index contributed by atoms with van der Waals surface area (Å²) in [6, 6.07) is 18.2. The van der Waals surface area contributed by atoms with Gasteiger partial charge in [-0.1, -0.05) is 48.5 Å². The molecule has 20 heavy (non-hydrogen) atoms. The number of aliphatic imine (C=N–C) groups is 1. The van der Waals surface area contributed by atoms with Crippen molar-refractivity contribution in [1.82, 2.24) is 0 Å². The molecule has 1 aliphatic heterocycles. The van der Waals surface area contributed by atoms with Crippen molar-refractivity contribution in [2.24, 2.45) is 4.99 Å². The SMILES string of the molecule is O=C1C=C(c2ccccc2)[C@@]2(C=Nc3ccccc32)C1. The Morgan fingerprint density at radius 1 is 0.950 bits per heavy atom. The van der Waals surface area contributed by atoms with Gasteiger partial charge in [-0.05, 0) is 28.8 Å². The van der Waals surface area contributed by atoms with Crippen molar-refractivity contribution in [3.8, 4) is 0 Å². The van der Waals surface area contributed by atoms with Crippen molar-refractivity contribution in [2.45, 2.75) is 11.8 Å². The average Bonchev–Trinajstić information content (AvgIpc) is 3.03. The second-order valence-electron chi connectivity index (χ2n) is 5.31. The van der Waals surface area contributed by atoms with Crippen LogP contribution < -0.4 is 0 Å². The number of allylic oxidation sites excluding steroid dienone is 2. The van der Waals surface area contributed by atoms with Gasteiger partial charge in [-0.15, -0.1) is 0 Å². The van der Waals surface area contributed by atoms with E-state index in [0.29, 0.717) is 6.42 Å². The van der Waals surface area contributed by atoms with Crippen LogP contribution in [-0.2, 0) is 10.2 Å². The molecule has 2 aliphatic rings. The molecule has 0 saturated heterocycles. The molecule has 0 N–H and O–H groups in total. The van der Waals surface area contributed by atoms with Crippen LogP contribution in [-0.4, -0.2) is 12.0 Å². The van der Waals surface area contributed by atoms with Crippen molar-refractivity contribution in [3.05, 3.63) is 71.8 Å². The molecule has 1 heterocycles. The number of nitrogens with zero attached hydrogens (tertiary/aromatic N) is 1. The van der Waals surface area contributed by atoms with E-state index >= 15 is 0 Å². The molecule has 0 amide bonds. The summed E-state index contributed by atoms with van der Waals surface area (Å²) in [5, 5.41) is 0. The normalized spacial score (nSPS) is 23.2. The van der Waals surface area contributed by atoms with Gasteiger partial charge in [0, 0.05) is 12.6 Å². The Labute approximate surface area is 117 Å². The van der Waals surface area contributed by atoms with Crippen LogP contribution in [0.1, 0.15) is 17.5 Å². The molecule has 2 aromatic carbocycles. The fourth-order valence-electron chi connectivity index (χ4n) is 3.24. The van der Waals surface area contributed by atoms with E-state index in [1.54, 1.807) is 6.08 Å². The van der Waals surface area contributed by atoms with Gasteiger partial charge in [0.25, 0.3) is 0 Å². The van der Waals surface area contributed by atoms with Gasteiger partial charge in [-0.3, -0.25) is 9.79 Å². The molecular weight excluding hydrogens is 246 g/mol. The lowest BCUT2D eigenvalue weighted by atomic mass is 9.74. The standard InChI is InChI=1S/C18H13NO/c20-14-10-16(13-6-2-1-3-7-13)18(11-14)12-19-17-9-5-4-8-15(17)18/h1-10,12H,11H2/t18-/m1/s1. The van der Waals surface area contributed by atoms with E-state index in [1.165, 1.54) is 0 Å². The highest BCUT2D eigenvalue weighted by atomic mass is 16.1. The lowest BCUT2D eigenvalue weighted by Gasteiger charge is -2.25. The Balaban J connectivity index is 1.94. The van der Waals surface area contributed by atoms with Crippen LogP contribution in [0.2, 0.25) is 0 Å². The number of rotatable bonds is 1. The summed E-state index contributed by atoms with van der Waals surface area (Å²) in [5.74, 6) is 0.173. The highest BCUT2D eigenvalue weighted by Crippen LogP contribution is 2.50. The third kappa shape index (κ3) is 1.45. The van der Waals surface area contributed by atoms with E-state index in [9.17, 15) is 4.79 Å². The molecular formula is C18H13NO. The molecule has 2 heteroatoms. The Morgan fingerprint density at radius 2 is 1.70 bits per heavy atom. The molecule has 1 spiro atoms. The lowest BCUT2D eigenvalue weighted by molar-refractivity contribution is -0.114. The molecule has 0 unspecified atom stereocenters. The maximum Gasteiger partial charge on any atom is 0.157 e. The van der Waals surface area contributed by atoms with E-state index in [2.05, 4.69) is 23.2 Å². The minimum Gasteiger partial charge on any atom is -0.295 e. The molecule has 0 fully saturated rings. The zero-order chi connectivity index (χ0) is 13.6. The van der Waals surface area contributed by atoms with Gasteiger partial charge in [0.2, 0.25) is 0 Å². The predicted molar refractivity (Wildman–Crippen MR) is 80.3 cm³/mol. The summed E-state index contributed by atoms with van der Waals surface area (Å²) in [7, 11) is 0. The Kier molecular flexibility index (Phi) is 2.27. The zero-order valence-corrected chi connectivity index (χ0v) is 10.9. The fourth-order valence-corrected chi connectivity index (χ4v) is 3.24. The van der Waals surface area contributed by atoms with Crippen LogP contribution in [0.4, 0.5) is 5.69 Å². The molecule has 0 aromatic heterocycles. The summed E-state index contributed by atoms with van der Waals surface area (Å²) in [5.41, 5.74) is 3.91. The summed E-state index contributed by atoms with van der Waals surface area (Å²) in [6.45, 7) is 0. The van der Waals surface area contributed by atoms with Gasteiger partial charge in [-0.25, -0.2) is 0 Å². The molecule has 2 nitrogen and oxygen atoms in total. The van der Waals surface area contributed by atoms with Crippen LogP contribution in [0.15, 0.2) is 65.7 Å². The first-order chi connectivity index (χ1) is 9.79. The highest BCUT2D eigenvalue weighted by molar-refractivity contribution is 6.15.